The van der Waals surface area contributed by atoms with Crippen LogP contribution in [0.1, 0.15) is 25.0 Å². The molecule has 0 atom stereocenters. The number of benzene rings is 9. The molecule has 0 fully saturated rings. The first kappa shape index (κ1) is 31.6. The van der Waals surface area contributed by atoms with Gasteiger partial charge in [-0.05, 0) is 91.8 Å². The van der Waals surface area contributed by atoms with Crippen molar-refractivity contribution in [1.29, 1.82) is 0 Å². The molecule has 0 saturated carbocycles. The maximum absolute atomic E-state index is 6.64. The number of thiophene rings is 1. The van der Waals surface area contributed by atoms with Gasteiger partial charge in [0.15, 0.2) is 0 Å². The fourth-order valence-corrected chi connectivity index (χ4v) is 11.0. The Morgan fingerprint density at radius 2 is 1.20 bits per heavy atom. The molecule has 264 valence electrons. The van der Waals surface area contributed by atoms with Crippen molar-refractivity contribution >= 4 is 92.1 Å². The number of rotatable bonds is 4. The molecule has 11 aromatic rings. The van der Waals surface area contributed by atoms with E-state index in [1.165, 1.54) is 75.2 Å². The van der Waals surface area contributed by atoms with Gasteiger partial charge in [0, 0.05) is 48.6 Å². The summed E-state index contributed by atoms with van der Waals surface area (Å²) in [5.41, 5.74) is 12.9. The third-order valence-electron chi connectivity index (χ3n) is 12.2. The molecule has 2 nitrogen and oxygen atoms in total. The lowest BCUT2D eigenvalue weighted by Gasteiger charge is -2.28. The van der Waals surface area contributed by atoms with Crippen molar-refractivity contribution in [3.05, 3.63) is 187 Å². The second kappa shape index (κ2) is 11.7. The molecule has 0 radical (unpaired) electrons. The van der Waals surface area contributed by atoms with E-state index in [0.717, 1.165) is 38.9 Å². The average Bonchev–Trinajstić information content (AvgIpc) is 3.90. The zero-order chi connectivity index (χ0) is 37.1. The van der Waals surface area contributed by atoms with E-state index in [0.29, 0.717) is 0 Å². The number of anilines is 3. The van der Waals surface area contributed by atoms with Gasteiger partial charge in [0.2, 0.25) is 0 Å². The van der Waals surface area contributed by atoms with Crippen molar-refractivity contribution < 1.29 is 4.42 Å². The van der Waals surface area contributed by atoms with E-state index in [4.69, 9.17) is 4.42 Å². The van der Waals surface area contributed by atoms with Crippen LogP contribution in [0.15, 0.2) is 180 Å². The summed E-state index contributed by atoms with van der Waals surface area (Å²) in [5.74, 6) is 0. The first-order valence-corrected chi connectivity index (χ1v) is 20.2. The lowest BCUT2D eigenvalue weighted by molar-refractivity contribution is 0.666. The lowest BCUT2D eigenvalue weighted by atomic mass is 9.80. The van der Waals surface area contributed by atoms with Gasteiger partial charge in [-0.15, -0.1) is 11.3 Å². The number of nitrogens with zero attached hydrogens (tertiary/aromatic N) is 1. The number of hydrogen-bond acceptors (Lipinski definition) is 3. The van der Waals surface area contributed by atoms with Crippen LogP contribution in [0, 0.1) is 0 Å². The van der Waals surface area contributed by atoms with Gasteiger partial charge in [-0.3, -0.25) is 0 Å². The third kappa shape index (κ3) is 4.38. The van der Waals surface area contributed by atoms with E-state index < -0.39 is 0 Å². The Hall–Kier alpha value is -6.68. The largest absolute Gasteiger partial charge is 0.455 e. The predicted molar refractivity (Wildman–Crippen MR) is 239 cm³/mol. The Kier molecular flexibility index (Phi) is 6.59. The summed E-state index contributed by atoms with van der Waals surface area (Å²) in [6, 6.07) is 64.5. The summed E-state index contributed by atoms with van der Waals surface area (Å²) in [5, 5.41) is 9.93. The minimum absolute atomic E-state index is 0.123. The summed E-state index contributed by atoms with van der Waals surface area (Å²) in [7, 11) is 0. The molecule has 0 N–H and O–H groups in total. The van der Waals surface area contributed by atoms with Crippen molar-refractivity contribution in [2.24, 2.45) is 0 Å². The van der Waals surface area contributed by atoms with Crippen molar-refractivity contribution in [1.82, 2.24) is 0 Å². The number of fused-ring (bicyclic) bond motifs is 13. The van der Waals surface area contributed by atoms with Crippen LogP contribution in [0.25, 0.3) is 85.9 Å². The minimum Gasteiger partial charge on any atom is -0.455 e. The van der Waals surface area contributed by atoms with Crippen LogP contribution in [0.2, 0.25) is 0 Å². The molecule has 1 aliphatic rings. The number of para-hydroxylation sites is 3. The van der Waals surface area contributed by atoms with Crippen LogP contribution in [-0.4, -0.2) is 0 Å². The van der Waals surface area contributed by atoms with Gasteiger partial charge < -0.3 is 9.32 Å². The van der Waals surface area contributed by atoms with E-state index in [9.17, 15) is 0 Å². The topological polar surface area (TPSA) is 16.4 Å². The van der Waals surface area contributed by atoms with Crippen LogP contribution < -0.4 is 4.90 Å². The first-order valence-electron chi connectivity index (χ1n) is 19.3. The highest BCUT2D eigenvalue weighted by Crippen LogP contribution is 2.55. The van der Waals surface area contributed by atoms with Crippen LogP contribution in [0.4, 0.5) is 17.1 Å². The Bertz CT molecular complexity index is 3400. The Balaban J connectivity index is 1.15. The highest BCUT2D eigenvalue weighted by molar-refractivity contribution is 7.26. The summed E-state index contributed by atoms with van der Waals surface area (Å²) >= 11 is 1.88. The van der Waals surface area contributed by atoms with Gasteiger partial charge in [0.05, 0.1) is 10.4 Å². The smallest absolute Gasteiger partial charge is 0.143 e. The lowest BCUT2D eigenvalue weighted by Crippen LogP contribution is -2.16. The summed E-state index contributed by atoms with van der Waals surface area (Å²) in [4.78, 5) is 2.48. The standard InChI is InChI=1S/C53H35NOS/c1-53(2)44-29-27-35(31-43(44)40-28-26-32-14-6-9-19-37(32)50(40)53)54(34-16-4-3-5-17-34)45-30-33-15-7-8-18-36(33)49-48-39(21-13-25-47(48)56-52(45)49)42-23-12-22-41-38-20-10-11-24-46(38)55-51(41)42/h3-31H,1-2H3. The van der Waals surface area contributed by atoms with Crippen molar-refractivity contribution in [3.8, 4) is 22.3 Å². The predicted octanol–water partition coefficient (Wildman–Crippen LogP) is 15.7. The maximum atomic E-state index is 6.64. The second-order valence-corrected chi connectivity index (χ2v) is 16.7. The zero-order valence-electron chi connectivity index (χ0n) is 31.0. The zero-order valence-corrected chi connectivity index (χ0v) is 31.8. The van der Waals surface area contributed by atoms with Crippen LogP contribution in [-0.2, 0) is 5.41 Å². The SMILES string of the molecule is CC1(C)c2ccc(N(c3ccccc3)c3cc4ccccc4c4c3sc3cccc(-c5cccc6c5oc5ccccc56)c34)cc2-c2ccc3ccccc3c21. The highest BCUT2D eigenvalue weighted by atomic mass is 32.1. The van der Waals surface area contributed by atoms with E-state index in [1.807, 2.05) is 17.4 Å². The molecule has 0 spiro atoms. The molecule has 2 aromatic heterocycles. The molecule has 12 rings (SSSR count). The number of hydrogen-bond donors (Lipinski definition) is 0. The summed E-state index contributed by atoms with van der Waals surface area (Å²) in [6.07, 6.45) is 0. The monoisotopic (exact) mass is 733 g/mol. The Morgan fingerprint density at radius 3 is 2.07 bits per heavy atom. The van der Waals surface area contributed by atoms with E-state index >= 15 is 0 Å². The molecule has 3 heteroatoms. The average molecular weight is 734 g/mol. The molecule has 0 bridgehead atoms. The van der Waals surface area contributed by atoms with Gasteiger partial charge in [0.25, 0.3) is 0 Å². The van der Waals surface area contributed by atoms with E-state index in [2.05, 4.69) is 189 Å². The van der Waals surface area contributed by atoms with Gasteiger partial charge in [-0.1, -0.05) is 147 Å². The van der Waals surface area contributed by atoms with Gasteiger partial charge >= 0.3 is 0 Å². The molecule has 2 heterocycles. The van der Waals surface area contributed by atoms with Gasteiger partial charge in [0.1, 0.15) is 11.2 Å². The quantitative estimate of drug-likeness (QED) is 0.179. The maximum Gasteiger partial charge on any atom is 0.143 e. The molecule has 0 unspecified atom stereocenters. The second-order valence-electron chi connectivity index (χ2n) is 15.6. The van der Waals surface area contributed by atoms with Crippen molar-refractivity contribution in [3.63, 3.8) is 0 Å². The molecule has 9 aromatic carbocycles. The van der Waals surface area contributed by atoms with Crippen LogP contribution >= 0.6 is 11.3 Å². The van der Waals surface area contributed by atoms with E-state index in [1.54, 1.807) is 0 Å². The third-order valence-corrected chi connectivity index (χ3v) is 13.4. The normalized spacial score (nSPS) is 13.3. The van der Waals surface area contributed by atoms with E-state index in [-0.39, 0.29) is 5.41 Å². The molecule has 0 amide bonds. The van der Waals surface area contributed by atoms with Crippen molar-refractivity contribution in [2.75, 3.05) is 4.90 Å². The van der Waals surface area contributed by atoms with Gasteiger partial charge in [-0.25, -0.2) is 0 Å². The minimum atomic E-state index is -0.123. The van der Waals surface area contributed by atoms with Crippen LogP contribution in [0.5, 0.6) is 0 Å². The molecular weight excluding hydrogens is 699 g/mol. The van der Waals surface area contributed by atoms with Crippen molar-refractivity contribution in [2.45, 2.75) is 19.3 Å². The highest BCUT2D eigenvalue weighted by Gasteiger charge is 2.37. The Morgan fingerprint density at radius 1 is 0.482 bits per heavy atom. The molecule has 0 aliphatic heterocycles. The molecule has 0 saturated heterocycles. The first-order chi connectivity index (χ1) is 27.5. The molecular formula is C53H35NOS. The van der Waals surface area contributed by atoms with Gasteiger partial charge in [-0.2, -0.15) is 0 Å². The Labute approximate surface area is 328 Å². The van der Waals surface area contributed by atoms with Crippen LogP contribution in [0.3, 0.4) is 0 Å². The summed E-state index contributed by atoms with van der Waals surface area (Å²) in [6.45, 7) is 4.76. The fourth-order valence-electron chi connectivity index (χ4n) is 9.75. The fraction of sp³-hybridized carbons (Fsp3) is 0.0566. The molecule has 56 heavy (non-hydrogen) atoms. The number of furan rings is 1. The molecule has 1 aliphatic carbocycles. The summed E-state index contributed by atoms with van der Waals surface area (Å²) < 4.78 is 9.16.